The lowest BCUT2D eigenvalue weighted by Crippen LogP contribution is -2.13. The smallest absolute Gasteiger partial charge is 0.291 e. The fraction of sp³-hybridized carbons (Fsp3) is 0.118. The minimum Gasteiger partial charge on any atom is -0.459 e. The van der Waals surface area contributed by atoms with E-state index in [2.05, 4.69) is 15.6 Å². The van der Waals surface area contributed by atoms with E-state index in [1.54, 1.807) is 24.4 Å². The lowest BCUT2D eigenvalue weighted by molar-refractivity contribution is 0.0995. The van der Waals surface area contributed by atoms with Gasteiger partial charge in [0.25, 0.3) is 11.8 Å². The molecule has 0 spiro atoms. The van der Waals surface area contributed by atoms with E-state index in [9.17, 15) is 9.59 Å². The van der Waals surface area contributed by atoms with E-state index < -0.39 is 0 Å². The molecule has 2 amide bonds. The minimum absolute atomic E-state index is 0.219. The molecular weight excluding hydrogens is 326 g/mol. The van der Waals surface area contributed by atoms with Gasteiger partial charge in [-0.2, -0.15) is 0 Å². The van der Waals surface area contributed by atoms with E-state index in [0.717, 1.165) is 11.1 Å². The Hall–Kier alpha value is -2.93. The van der Waals surface area contributed by atoms with Crippen molar-refractivity contribution in [2.45, 2.75) is 13.8 Å². The van der Waals surface area contributed by atoms with Crippen molar-refractivity contribution in [3.63, 3.8) is 0 Å². The first kappa shape index (κ1) is 15.9. The number of anilines is 2. The van der Waals surface area contributed by atoms with Crippen molar-refractivity contribution in [3.8, 4) is 0 Å². The molecule has 0 saturated heterocycles. The van der Waals surface area contributed by atoms with Crippen LogP contribution in [0.1, 0.15) is 31.4 Å². The summed E-state index contributed by atoms with van der Waals surface area (Å²) in [6, 6.07) is 8.66. The molecule has 2 N–H and O–H groups in total. The van der Waals surface area contributed by atoms with Gasteiger partial charge in [0.15, 0.2) is 5.76 Å². The summed E-state index contributed by atoms with van der Waals surface area (Å²) in [5.74, 6) is 0.138. The van der Waals surface area contributed by atoms with E-state index in [0.29, 0.717) is 15.7 Å². The Bertz CT molecular complexity index is 884. The van der Waals surface area contributed by atoms with E-state index in [4.69, 9.17) is 4.42 Å². The third-order valence-electron chi connectivity index (χ3n) is 3.35. The Morgan fingerprint density at radius 2 is 1.92 bits per heavy atom. The Balaban J connectivity index is 1.75. The molecule has 0 unspecified atom stereocenters. The number of pyridine rings is 1. The molecule has 0 atom stereocenters. The fourth-order valence-electron chi connectivity index (χ4n) is 2.13. The molecule has 6 nitrogen and oxygen atoms in total. The normalized spacial score (nSPS) is 10.4. The lowest BCUT2D eigenvalue weighted by Gasteiger charge is -2.06. The number of carbonyl (C=O) groups is 2. The molecule has 3 aromatic heterocycles. The van der Waals surface area contributed by atoms with Crippen LogP contribution in [0.15, 0.2) is 47.2 Å². The Morgan fingerprint density at radius 3 is 2.62 bits per heavy atom. The van der Waals surface area contributed by atoms with Gasteiger partial charge < -0.3 is 15.1 Å². The number of nitrogens with zero attached hydrogens (tertiary/aromatic N) is 1. The molecule has 0 radical (unpaired) electrons. The van der Waals surface area contributed by atoms with E-state index >= 15 is 0 Å². The summed E-state index contributed by atoms with van der Waals surface area (Å²) in [6.07, 6.45) is 3.06. The first-order chi connectivity index (χ1) is 11.5. The monoisotopic (exact) mass is 341 g/mol. The summed E-state index contributed by atoms with van der Waals surface area (Å²) in [7, 11) is 0. The first-order valence-electron chi connectivity index (χ1n) is 7.23. The quantitative estimate of drug-likeness (QED) is 0.755. The lowest BCUT2D eigenvalue weighted by atomic mass is 10.2. The molecule has 0 aliphatic heterocycles. The summed E-state index contributed by atoms with van der Waals surface area (Å²) in [4.78, 5) is 29.1. The summed E-state index contributed by atoms with van der Waals surface area (Å²) in [5.41, 5.74) is 1.66. The van der Waals surface area contributed by atoms with Gasteiger partial charge in [-0.05, 0) is 49.2 Å². The zero-order valence-corrected chi connectivity index (χ0v) is 13.9. The standard InChI is InChI=1S/C17H15N3O3S/c1-10-5-3-7-18-15(10)20-17(22)14-11(2)9-13(24-14)19-16(21)12-6-4-8-23-12/h3-9H,1-2H3,(H,19,21)(H,18,20,22). The molecule has 24 heavy (non-hydrogen) atoms. The van der Waals surface area contributed by atoms with Gasteiger partial charge in [0.2, 0.25) is 0 Å². The van der Waals surface area contributed by atoms with Crippen molar-refractivity contribution >= 4 is 34.0 Å². The number of amides is 2. The number of thiophene rings is 1. The topological polar surface area (TPSA) is 84.2 Å². The van der Waals surface area contributed by atoms with Crippen LogP contribution in [0.25, 0.3) is 0 Å². The van der Waals surface area contributed by atoms with Crippen LogP contribution in [0.3, 0.4) is 0 Å². The van der Waals surface area contributed by atoms with Crippen LogP contribution in [-0.4, -0.2) is 16.8 Å². The van der Waals surface area contributed by atoms with Crippen LogP contribution in [-0.2, 0) is 0 Å². The maximum atomic E-state index is 12.4. The molecule has 0 aromatic carbocycles. The van der Waals surface area contributed by atoms with E-state index in [1.807, 2.05) is 26.0 Å². The van der Waals surface area contributed by atoms with Gasteiger partial charge in [-0.3, -0.25) is 9.59 Å². The maximum absolute atomic E-state index is 12.4. The second kappa shape index (κ2) is 6.67. The number of hydrogen-bond donors (Lipinski definition) is 2. The summed E-state index contributed by atoms with van der Waals surface area (Å²) >= 11 is 1.20. The first-order valence-corrected chi connectivity index (χ1v) is 8.04. The highest BCUT2D eigenvalue weighted by Gasteiger charge is 2.17. The fourth-order valence-corrected chi connectivity index (χ4v) is 3.09. The highest BCUT2D eigenvalue weighted by Crippen LogP contribution is 2.28. The number of hydrogen-bond acceptors (Lipinski definition) is 5. The maximum Gasteiger partial charge on any atom is 0.291 e. The van der Waals surface area contributed by atoms with Crippen LogP contribution in [0.2, 0.25) is 0 Å². The minimum atomic E-state index is -0.353. The molecular formula is C17H15N3O3S. The predicted octanol–water partition coefficient (Wildman–Crippen LogP) is 3.86. The summed E-state index contributed by atoms with van der Waals surface area (Å²) in [6.45, 7) is 3.69. The Morgan fingerprint density at radius 1 is 1.08 bits per heavy atom. The van der Waals surface area contributed by atoms with Crippen molar-refractivity contribution in [3.05, 3.63) is 64.6 Å². The summed E-state index contributed by atoms with van der Waals surface area (Å²) < 4.78 is 5.05. The average Bonchev–Trinajstić information content (AvgIpc) is 3.19. The Kier molecular flexibility index (Phi) is 4.43. The number of aromatic nitrogens is 1. The largest absolute Gasteiger partial charge is 0.459 e. The van der Waals surface area contributed by atoms with Crippen LogP contribution in [0.4, 0.5) is 10.8 Å². The van der Waals surface area contributed by atoms with Gasteiger partial charge in [0, 0.05) is 6.20 Å². The SMILES string of the molecule is Cc1cccnc1NC(=O)c1sc(NC(=O)c2ccco2)cc1C. The molecule has 0 bridgehead atoms. The van der Waals surface area contributed by atoms with Crippen molar-refractivity contribution in [1.29, 1.82) is 0 Å². The van der Waals surface area contributed by atoms with Gasteiger partial charge in [-0.15, -0.1) is 11.3 Å². The van der Waals surface area contributed by atoms with Crippen LogP contribution in [0, 0.1) is 13.8 Å². The molecule has 7 heteroatoms. The highest BCUT2D eigenvalue weighted by molar-refractivity contribution is 7.18. The average molecular weight is 341 g/mol. The zero-order valence-electron chi connectivity index (χ0n) is 13.1. The van der Waals surface area contributed by atoms with Crippen molar-refractivity contribution in [2.24, 2.45) is 0 Å². The number of rotatable bonds is 4. The van der Waals surface area contributed by atoms with Crippen molar-refractivity contribution < 1.29 is 14.0 Å². The predicted molar refractivity (Wildman–Crippen MR) is 92.6 cm³/mol. The van der Waals surface area contributed by atoms with Gasteiger partial charge in [-0.25, -0.2) is 4.98 Å². The van der Waals surface area contributed by atoms with Crippen molar-refractivity contribution in [2.75, 3.05) is 10.6 Å². The van der Waals surface area contributed by atoms with Gasteiger partial charge in [0.1, 0.15) is 5.82 Å². The molecule has 122 valence electrons. The molecule has 0 saturated carbocycles. The third-order valence-corrected chi connectivity index (χ3v) is 4.50. The third kappa shape index (κ3) is 3.36. The molecule has 3 rings (SSSR count). The van der Waals surface area contributed by atoms with Gasteiger partial charge in [0.05, 0.1) is 16.1 Å². The second-order valence-corrected chi connectivity index (χ2v) is 6.23. The van der Waals surface area contributed by atoms with Crippen molar-refractivity contribution in [1.82, 2.24) is 4.98 Å². The number of nitrogens with one attached hydrogen (secondary N) is 2. The van der Waals surface area contributed by atoms with Crippen LogP contribution >= 0.6 is 11.3 Å². The highest BCUT2D eigenvalue weighted by atomic mass is 32.1. The molecule has 0 aliphatic carbocycles. The zero-order chi connectivity index (χ0) is 17.1. The molecule has 3 aromatic rings. The van der Waals surface area contributed by atoms with Gasteiger partial charge in [-0.1, -0.05) is 6.07 Å². The number of aryl methyl sites for hydroxylation is 2. The van der Waals surface area contributed by atoms with E-state index in [1.165, 1.54) is 17.6 Å². The number of carbonyl (C=O) groups excluding carboxylic acids is 2. The van der Waals surface area contributed by atoms with E-state index in [-0.39, 0.29) is 17.6 Å². The van der Waals surface area contributed by atoms with Crippen LogP contribution < -0.4 is 10.6 Å². The molecule has 0 aliphatic rings. The molecule has 3 heterocycles. The number of furan rings is 1. The Labute approximate surface area is 142 Å². The van der Waals surface area contributed by atoms with Crippen LogP contribution in [0.5, 0.6) is 0 Å². The van der Waals surface area contributed by atoms with Gasteiger partial charge >= 0.3 is 0 Å². The second-order valence-electron chi connectivity index (χ2n) is 5.18. The summed E-state index contributed by atoms with van der Waals surface area (Å²) in [5, 5.41) is 6.10. The molecule has 0 fully saturated rings.